The summed E-state index contributed by atoms with van der Waals surface area (Å²) in [7, 11) is 0. The Hall–Kier alpha value is -0.810. The minimum atomic E-state index is -0.0428. The van der Waals surface area contributed by atoms with Crippen molar-refractivity contribution >= 4 is 11.8 Å². The zero-order chi connectivity index (χ0) is 9.97. The molecule has 14 heavy (non-hydrogen) atoms. The van der Waals surface area contributed by atoms with E-state index in [0.717, 1.165) is 23.7 Å². The summed E-state index contributed by atoms with van der Waals surface area (Å²) in [6.07, 6.45) is 2.74. The lowest BCUT2D eigenvalue weighted by Crippen LogP contribution is -2.25. The smallest absolute Gasteiger partial charge is 0.256 e. The standard InChI is InChI=1S/C9H12N2O2S/c1-14-5-8-10-7-2-3-13-4-6(7)9(12)11-8/h2-5H2,1H3,(H,10,11,12). The number of nitrogens with one attached hydrogen (secondary N) is 1. The molecule has 0 fully saturated rings. The average Bonchev–Trinajstić information content (AvgIpc) is 2.18. The lowest BCUT2D eigenvalue weighted by atomic mass is 10.1. The third-order valence-corrected chi connectivity index (χ3v) is 2.72. The number of H-pyrrole nitrogens is 1. The molecular formula is C9H12N2O2S. The molecule has 2 rings (SSSR count). The van der Waals surface area contributed by atoms with E-state index in [1.165, 1.54) is 0 Å². The second kappa shape index (κ2) is 4.14. The molecule has 0 amide bonds. The van der Waals surface area contributed by atoms with Crippen molar-refractivity contribution in [1.82, 2.24) is 9.97 Å². The van der Waals surface area contributed by atoms with Crippen LogP contribution in [0.1, 0.15) is 17.1 Å². The van der Waals surface area contributed by atoms with Crippen molar-refractivity contribution in [3.8, 4) is 0 Å². The highest BCUT2D eigenvalue weighted by molar-refractivity contribution is 7.97. The SMILES string of the molecule is CSCc1nc2c(c(=O)[nH]1)COCC2. The Balaban J connectivity index is 2.41. The van der Waals surface area contributed by atoms with Crippen LogP contribution in [0.15, 0.2) is 4.79 Å². The number of fused-ring (bicyclic) bond motifs is 1. The van der Waals surface area contributed by atoms with E-state index in [1.807, 2.05) is 6.26 Å². The Morgan fingerprint density at radius 1 is 1.64 bits per heavy atom. The molecule has 1 aromatic rings. The van der Waals surface area contributed by atoms with Crippen molar-refractivity contribution in [3.05, 3.63) is 27.4 Å². The first kappa shape index (κ1) is 9.73. The highest BCUT2D eigenvalue weighted by Crippen LogP contribution is 2.11. The number of aromatic amines is 1. The average molecular weight is 212 g/mol. The number of aromatic nitrogens is 2. The highest BCUT2D eigenvalue weighted by atomic mass is 32.2. The Bertz CT molecular complexity index is 389. The molecule has 1 aromatic heterocycles. The Labute approximate surface area is 86.1 Å². The summed E-state index contributed by atoms with van der Waals surface area (Å²) in [6.45, 7) is 1.07. The number of rotatable bonds is 2. The third-order valence-electron chi connectivity index (χ3n) is 2.16. The Kier molecular flexibility index (Phi) is 2.88. The monoisotopic (exact) mass is 212 g/mol. The Morgan fingerprint density at radius 2 is 2.50 bits per heavy atom. The summed E-state index contributed by atoms with van der Waals surface area (Å²) in [5, 5.41) is 0. The van der Waals surface area contributed by atoms with Crippen molar-refractivity contribution in [1.29, 1.82) is 0 Å². The summed E-state index contributed by atoms with van der Waals surface area (Å²) < 4.78 is 5.21. The van der Waals surface area contributed by atoms with Crippen LogP contribution >= 0.6 is 11.8 Å². The fourth-order valence-electron chi connectivity index (χ4n) is 1.50. The number of hydrogen-bond donors (Lipinski definition) is 1. The van der Waals surface area contributed by atoms with Crippen LogP contribution in [0, 0.1) is 0 Å². The van der Waals surface area contributed by atoms with Crippen LogP contribution in [0.25, 0.3) is 0 Å². The maximum absolute atomic E-state index is 11.6. The summed E-state index contributed by atoms with van der Waals surface area (Å²) in [5.41, 5.74) is 1.56. The molecule has 0 saturated heterocycles. The quantitative estimate of drug-likeness (QED) is 0.784. The van der Waals surface area contributed by atoms with Crippen molar-refractivity contribution in [2.75, 3.05) is 12.9 Å². The number of thioether (sulfide) groups is 1. The lowest BCUT2D eigenvalue weighted by Gasteiger charge is -2.14. The molecule has 0 aromatic carbocycles. The van der Waals surface area contributed by atoms with Gasteiger partial charge in [0.1, 0.15) is 5.82 Å². The van der Waals surface area contributed by atoms with Crippen LogP contribution in [0.3, 0.4) is 0 Å². The summed E-state index contributed by atoms with van der Waals surface area (Å²) in [6, 6.07) is 0. The first-order valence-electron chi connectivity index (χ1n) is 4.49. The van der Waals surface area contributed by atoms with Gasteiger partial charge in [0, 0.05) is 6.42 Å². The van der Waals surface area contributed by atoms with Gasteiger partial charge in [-0.1, -0.05) is 0 Å². The van der Waals surface area contributed by atoms with E-state index < -0.39 is 0 Å². The predicted octanol–water partition coefficient (Wildman–Crippen LogP) is 0.706. The molecule has 0 radical (unpaired) electrons. The normalized spacial score (nSPS) is 15.2. The molecule has 76 valence electrons. The van der Waals surface area contributed by atoms with Crippen LogP contribution < -0.4 is 5.56 Å². The predicted molar refractivity (Wildman–Crippen MR) is 55.4 cm³/mol. The van der Waals surface area contributed by atoms with Crippen molar-refractivity contribution in [2.24, 2.45) is 0 Å². The summed E-state index contributed by atoms with van der Waals surface area (Å²) in [5.74, 6) is 1.52. The maximum atomic E-state index is 11.6. The van der Waals surface area contributed by atoms with Gasteiger partial charge >= 0.3 is 0 Å². The molecule has 0 unspecified atom stereocenters. The van der Waals surface area contributed by atoms with E-state index >= 15 is 0 Å². The van der Waals surface area contributed by atoms with Gasteiger partial charge in [-0.25, -0.2) is 4.98 Å². The van der Waals surface area contributed by atoms with Crippen molar-refractivity contribution < 1.29 is 4.74 Å². The van der Waals surface area contributed by atoms with Crippen LogP contribution in [0.5, 0.6) is 0 Å². The topological polar surface area (TPSA) is 55.0 Å². The van der Waals surface area contributed by atoms with Crippen molar-refractivity contribution in [2.45, 2.75) is 18.8 Å². The van der Waals surface area contributed by atoms with E-state index in [-0.39, 0.29) is 5.56 Å². The first-order chi connectivity index (χ1) is 6.81. The lowest BCUT2D eigenvalue weighted by molar-refractivity contribution is 0.108. The molecule has 0 saturated carbocycles. The van der Waals surface area contributed by atoms with Crippen molar-refractivity contribution in [3.63, 3.8) is 0 Å². The van der Waals surface area contributed by atoms with E-state index in [1.54, 1.807) is 11.8 Å². The molecule has 0 aliphatic carbocycles. The zero-order valence-corrected chi connectivity index (χ0v) is 8.82. The number of ether oxygens (including phenoxy) is 1. The molecule has 1 aliphatic rings. The molecule has 0 bridgehead atoms. The van der Waals surface area contributed by atoms with Gasteiger partial charge < -0.3 is 9.72 Å². The zero-order valence-electron chi connectivity index (χ0n) is 8.00. The van der Waals surface area contributed by atoms with Gasteiger partial charge in [-0.3, -0.25) is 4.79 Å². The first-order valence-corrected chi connectivity index (χ1v) is 5.88. The van der Waals surface area contributed by atoms with Gasteiger partial charge in [0.15, 0.2) is 0 Å². The van der Waals surface area contributed by atoms with E-state index in [9.17, 15) is 4.79 Å². The fraction of sp³-hybridized carbons (Fsp3) is 0.556. The second-order valence-corrected chi connectivity index (χ2v) is 4.04. The van der Waals surface area contributed by atoms with Gasteiger partial charge in [0.05, 0.1) is 30.2 Å². The van der Waals surface area contributed by atoms with Crippen LogP contribution in [0.2, 0.25) is 0 Å². The molecule has 1 aliphatic heterocycles. The molecule has 1 N–H and O–H groups in total. The van der Waals surface area contributed by atoms with Gasteiger partial charge in [-0.05, 0) is 6.26 Å². The third kappa shape index (κ3) is 1.83. The van der Waals surface area contributed by atoms with Gasteiger partial charge in [-0.2, -0.15) is 11.8 Å². The van der Waals surface area contributed by atoms with Gasteiger partial charge in [-0.15, -0.1) is 0 Å². The van der Waals surface area contributed by atoms with Crippen LogP contribution in [-0.4, -0.2) is 22.8 Å². The van der Waals surface area contributed by atoms with E-state index in [2.05, 4.69) is 9.97 Å². The minimum Gasteiger partial charge on any atom is -0.376 e. The summed E-state index contributed by atoms with van der Waals surface area (Å²) in [4.78, 5) is 18.8. The number of nitrogens with zero attached hydrogens (tertiary/aromatic N) is 1. The highest BCUT2D eigenvalue weighted by Gasteiger charge is 2.15. The number of hydrogen-bond acceptors (Lipinski definition) is 4. The minimum absolute atomic E-state index is 0.0428. The van der Waals surface area contributed by atoms with Gasteiger partial charge in [0.2, 0.25) is 0 Å². The molecule has 2 heterocycles. The van der Waals surface area contributed by atoms with Crippen LogP contribution in [0.4, 0.5) is 0 Å². The molecule has 0 atom stereocenters. The molecule has 4 nitrogen and oxygen atoms in total. The second-order valence-electron chi connectivity index (χ2n) is 3.17. The molecule has 0 spiro atoms. The Morgan fingerprint density at radius 3 is 3.29 bits per heavy atom. The molecular weight excluding hydrogens is 200 g/mol. The largest absolute Gasteiger partial charge is 0.376 e. The molecule has 5 heteroatoms. The van der Waals surface area contributed by atoms with E-state index in [0.29, 0.717) is 18.8 Å². The van der Waals surface area contributed by atoms with Gasteiger partial charge in [0.25, 0.3) is 5.56 Å². The fourth-order valence-corrected chi connectivity index (χ4v) is 1.91. The maximum Gasteiger partial charge on any atom is 0.256 e. The van der Waals surface area contributed by atoms with Crippen LogP contribution in [-0.2, 0) is 23.5 Å². The van der Waals surface area contributed by atoms with E-state index in [4.69, 9.17) is 4.74 Å². The summed E-state index contributed by atoms with van der Waals surface area (Å²) >= 11 is 1.65.